The van der Waals surface area contributed by atoms with Crippen molar-refractivity contribution in [3.63, 3.8) is 0 Å². The molecule has 1 amide bonds. The first-order chi connectivity index (χ1) is 10.5. The van der Waals surface area contributed by atoms with Crippen molar-refractivity contribution in [2.24, 2.45) is 0 Å². The first-order valence-electron chi connectivity index (χ1n) is 6.65. The van der Waals surface area contributed by atoms with Crippen LogP contribution >= 0.6 is 11.6 Å². The topological polar surface area (TPSA) is 29.5 Å². The fourth-order valence-electron chi connectivity index (χ4n) is 1.94. The van der Waals surface area contributed by atoms with Crippen molar-refractivity contribution < 1.29 is 18.3 Å². The Hall–Kier alpha value is -2.14. The standard InChI is InChI=1S/C16H14ClF2NO2/c1-2-20(12-6-7-14(18)15(19)9-12)16(21)10-22-13-5-3-4-11(17)8-13/h3-9H,2,10H2,1H3. The lowest BCUT2D eigenvalue weighted by atomic mass is 10.2. The molecule has 116 valence electrons. The van der Waals surface area contributed by atoms with Crippen molar-refractivity contribution in [2.45, 2.75) is 6.92 Å². The van der Waals surface area contributed by atoms with Crippen molar-refractivity contribution in [1.82, 2.24) is 0 Å². The van der Waals surface area contributed by atoms with Gasteiger partial charge in [-0.1, -0.05) is 17.7 Å². The first-order valence-corrected chi connectivity index (χ1v) is 7.03. The Morgan fingerprint density at radius 2 is 1.95 bits per heavy atom. The zero-order valence-corrected chi connectivity index (χ0v) is 12.6. The molecule has 6 heteroatoms. The highest BCUT2D eigenvalue weighted by molar-refractivity contribution is 6.30. The number of benzene rings is 2. The molecule has 3 nitrogen and oxygen atoms in total. The first kappa shape index (κ1) is 16.2. The van der Waals surface area contributed by atoms with Crippen LogP contribution in [0.25, 0.3) is 0 Å². The molecule has 0 bridgehead atoms. The van der Waals surface area contributed by atoms with E-state index in [1.807, 2.05) is 0 Å². The summed E-state index contributed by atoms with van der Waals surface area (Å²) < 4.78 is 31.6. The van der Waals surface area contributed by atoms with Gasteiger partial charge in [-0.15, -0.1) is 0 Å². The van der Waals surface area contributed by atoms with E-state index in [0.717, 1.165) is 12.1 Å². The van der Waals surface area contributed by atoms with Crippen LogP contribution in [-0.2, 0) is 4.79 Å². The van der Waals surface area contributed by atoms with Gasteiger partial charge in [-0.05, 0) is 37.3 Å². The van der Waals surface area contributed by atoms with E-state index < -0.39 is 11.6 Å². The summed E-state index contributed by atoms with van der Waals surface area (Å²) in [5, 5.41) is 0.498. The smallest absolute Gasteiger partial charge is 0.264 e. The van der Waals surface area contributed by atoms with Gasteiger partial charge in [-0.25, -0.2) is 8.78 Å². The molecule has 0 spiro atoms. The predicted molar refractivity (Wildman–Crippen MR) is 81.3 cm³/mol. The van der Waals surface area contributed by atoms with Crippen LogP contribution in [-0.4, -0.2) is 19.1 Å². The third kappa shape index (κ3) is 3.95. The molecular formula is C16H14ClF2NO2. The molecule has 2 rings (SSSR count). The summed E-state index contributed by atoms with van der Waals surface area (Å²) in [4.78, 5) is 13.5. The molecule has 0 fully saturated rings. The fraction of sp³-hybridized carbons (Fsp3) is 0.188. The zero-order valence-electron chi connectivity index (χ0n) is 11.9. The van der Waals surface area contributed by atoms with Crippen LogP contribution in [0, 0.1) is 11.6 Å². The Balaban J connectivity index is 2.07. The van der Waals surface area contributed by atoms with Gasteiger partial charge in [0.2, 0.25) is 0 Å². The predicted octanol–water partition coefficient (Wildman–Crippen LogP) is 4.05. The second kappa shape index (κ2) is 7.22. The molecule has 2 aromatic rings. The highest BCUT2D eigenvalue weighted by atomic mass is 35.5. The minimum absolute atomic E-state index is 0.229. The molecule has 22 heavy (non-hydrogen) atoms. The van der Waals surface area contributed by atoms with Crippen LogP contribution in [0.1, 0.15) is 6.92 Å². The molecule has 0 unspecified atom stereocenters. The van der Waals surface area contributed by atoms with E-state index in [0.29, 0.717) is 17.3 Å². The van der Waals surface area contributed by atoms with Crippen LogP contribution in [0.3, 0.4) is 0 Å². The Morgan fingerprint density at radius 1 is 1.18 bits per heavy atom. The number of rotatable bonds is 5. The zero-order chi connectivity index (χ0) is 16.1. The van der Waals surface area contributed by atoms with Gasteiger partial charge >= 0.3 is 0 Å². The summed E-state index contributed by atoms with van der Waals surface area (Å²) >= 11 is 5.83. The molecule has 0 aliphatic rings. The molecule has 0 aliphatic carbocycles. The number of halogens is 3. The normalized spacial score (nSPS) is 10.4. The van der Waals surface area contributed by atoms with Gasteiger partial charge in [0, 0.05) is 23.3 Å². The number of likely N-dealkylation sites (N-methyl/N-ethyl adjacent to an activating group) is 1. The second-order valence-electron chi connectivity index (χ2n) is 4.48. The van der Waals surface area contributed by atoms with E-state index in [-0.39, 0.29) is 18.2 Å². The van der Waals surface area contributed by atoms with Gasteiger partial charge in [0.25, 0.3) is 5.91 Å². The van der Waals surface area contributed by atoms with Gasteiger partial charge in [0.05, 0.1) is 0 Å². The minimum Gasteiger partial charge on any atom is -0.484 e. The van der Waals surface area contributed by atoms with Gasteiger partial charge in [-0.2, -0.15) is 0 Å². The lowest BCUT2D eigenvalue weighted by Crippen LogP contribution is -2.34. The molecule has 2 aromatic carbocycles. The molecule has 0 atom stereocenters. The number of nitrogens with zero attached hydrogens (tertiary/aromatic N) is 1. The van der Waals surface area contributed by atoms with E-state index >= 15 is 0 Å². The summed E-state index contributed by atoms with van der Waals surface area (Å²) in [5.41, 5.74) is 0.279. The second-order valence-corrected chi connectivity index (χ2v) is 4.92. The largest absolute Gasteiger partial charge is 0.484 e. The average Bonchev–Trinajstić information content (AvgIpc) is 2.49. The monoisotopic (exact) mass is 325 g/mol. The van der Waals surface area contributed by atoms with Gasteiger partial charge in [0.15, 0.2) is 18.2 Å². The average molecular weight is 326 g/mol. The number of hydrogen-bond donors (Lipinski definition) is 0. The van der Waals surface area contributed by atoms with Gasteiger partial charge in [-0.3, -0.25) is 4.79 Å². The third-order valence-electron chi connectivity index (χ3n) is 2.99. The molecular weight excluding hydrogens is 312 g/mol. The molecule has 0 aliphatic heterocycles. The Kier molecular flexibility index (Phi) is 5.33. The number of anilines is 1. The summed E-state index contributed by atoms with van der Waals surface area (Å²) in [6.45, 7) is 1.81. The van der Waals surface area contributed by atoms with Crippen LogP contribution in [0.4, 0.5) is 14.5 Å². The quantitative estimate of drug-likeness (QED) is 0.830. The van der Waals surface area contributed by atoms with Crippen molar-refractivity contribution >= 4 is 23.2 Å². The Morgan fingerprint density at radius 3 is 2.59 bits per heavy atom. The SMILES string of the molecule is CCN(C(=O)COc1cccc(Cl)c1)c1ccc(F)c(F)c1. The highest BCUT2D eigenvalue weighted by Crippen LogP contribution is 2.20. The van der Waals surface area contributed by atoms with E-state index in [9.17, 15) is 13.6 Å². The molecule has 0 radical (unpaired) electrons. The summed E-state index contributed by atoms with van der Waals surface area (Å²) in [5.74, 6) is -1.86. The van der Waals surface area contributed by atoms with E-state index in [1.54, 1.807) is 31.2 Å². The highest BCUT2D eigenvalue weighted by Gasteiger charge is 2.16. The van der Waals surface area contributed by atoms with Crippen molar-refractivity contribution in [3.8, 4) is 5.75 Å². The third-order valence-corrected chi connectivity index (χ3v) is 3.23. The maximum absolute atomic E-state index is 13.3. The van der Waals surface area contributed by atoms with Crippen LogP contribution in [0.2, 0.25) is 5.02 Å². The number of ether oxygens (including phenoxy) is 1. The molecule has 0 saturated heterocycles. The van der Waals surface area contributed by atoms with Gasteiger partial charge in [0.1, 0.15) is 5.75 Å². The maximum atomic E-state index is 13.3. The van der Waals surface area contributed by atoms with Crippen LogP contribution in [0.15, 0.2) is 42.5 Å². The maximum Gasteiger partial charge on any atom is 0.264 e. The number of carbonyl (C=O) groups excluding carboxylic acids is 1. The number of carbonyl (C=O) groups is 1. The minimum atomic E-state index is -1.00. The summed E-state index contributed by atoms with van der Waals surface area (Å²) in [6, 6.07) is 9.97. The molecule has 0 heterocycles. The van der Waals surface area contributed by atoms with E-state index in [1.165, 1.54) is 11.0 Å². The number of amides is 1. The molecule has 0 saturated carbocycles. The van der Waals surface area contributed by atoms with E-state index in [2.05, 4.69) is 0 Å². The van der Waals surface area contributed by atoms with Crippen LogP contribution < -0.4 is 9.64 Å². The van der Waals surface area contributed by atoms with Gasteiger partial charge < -0.3 is 9.64 Å². The lowest BCUT2D eigenvalue weighted by Gasteiger charge is -2.21. The number of hydrogen-bond acceptors (Lipinski definition) is 2. The summed E-state index contributed by atoms with van der Waals surface area (Å²) in [7, 11) is 0. The molecule has 0 aromatic heterocycles. The van der Waals surface area contributed by atoms with E-state index in [4.69, 9.17) is 16.3 Å². The lowest BCUT2D eigenvalue weighted by molar-refractivity contribution is -0.120. The van der Waals surface area contributed by atoms with Crippen molar-refractivity contribution in [3.05, 3.63) is 59.1 Å². The fourth-order valence-corrected chi connectivity index (χ4v) is 2.12. The Labute approximate surface area is 132 Å². The Bertz CT molecular complexity index is 679. The van der Waals surface area contributed by atoms with Crippen molar-refractivity contribution in [1.29, 1.82) is 0 Å². The van der Waals surface area contributed by atoms with Crippen molar-refractivity contribution in [2.75, 3.05) is 18.1 Å². The summed E-state index contributed by atoms with van der Waals surface area (Å²) in [6.07, 6.45) is 0. The molecule has 0 N–H and O–H groups in total. The van der Waals surface area contributed by atoms with Crippen LogP contribution in [0.5, 0.6) is 5.75 Å².